The Kier molecular flexibility index (Phi) is 1.72. The van der Waals surface area contributed by atoms with Crippen molar-refractivity contribution in [2.45, 2.75) is 20.4 Å². The summed E-state index contributed by atoms with van der Waals surface area (Å²) in [6, 6.07) is 5.78. The first-order valence-electron chi connectivity index (χ1n) is 4.42. The topological polar surface area (TPSA) is 37.8 Å². The van der Waals surface area contributed by atoms with Crippen molar-refractivity contribution >= 4 is 10.9 Å². The molecule has 1 N–H and O–H groups in total. The van der Waals surface area contributed by atoms with E-state index in [4.69, 9.17) is 0 Å². The van der Waals surface area contributed by atoms with Gasteiger partial charge in [0.25, 0.3) is 5.56 Å². The molecule has 3 heteroatoms. The summed E-state index contributed by atoms with van der Waals surface area (Å²) in [5.74, 6) is 0. The summed E-state index contributed by atoms with van der Waals surface area (Å²) >= 11 is 0. The van der Waals surface area contributed by atoms with Gasteiger partial charge in [-0.05, 0) is 25.5 Å². The number of nitrogens with zero attached hydrogens (tertiary/aromatic N) is 1. The molecule has 0 saturated carbocycles. The molecule has 2 aromatic rings. The highest BCUT2D eigenvalue weighted by atomic mass is 16.1. The highest BCUT2D eigenvalue weighted by Gasteiger charge is 2.05. The fraction of sp³-hybridized carbons (Fsp3) is 0.300. The summed E-state index contributed by atoms with van der Waals surface area (Å²) in [6.07, 6.45) is 0. The van der Waals surface area contributed by atoms with Crippen LogP contribution >= 0.6 is 0 Å². The normalized spacial score (nSPS) is 10.9. The maximum absolute atomic E-state index is 11.4. The lowest BCUT2D eigenvalue weighted by atomic mass is 10.2. The molecular formula is C10H12N2O. The molecule has 13 heavy (non-hydrogen) atoms. The molecule has 1 heterocycles. The molecule has 3 nitrogen and oxygen atoms in total. The second kappa shape index (κ2) is 2.76. The molecule has 0 unspecified atom stereocenters. The van der Waals surface area contributed by atoms with E-state index in [1.165, 1.54) is 0 Å². The quantitative estimate of drug-likeness (QED) is 0.705. The van der Waals surface area contributed by atoms with E-state index in [1.807, 2.05) is 36.7 Å². The van der Waals surface area contributed by atoms with Crippen LogP contribution in [0.1, 0.15) is 12.5 Å². The van der Waals surface area contributed by atoms with Gasteiger partial charge in [-0.1, -0.05) is 12.1 Å². The SMILES string of the molecule is CCn1[nH]c(=O)c2cccc(C)c21. The number of aryl methyl sites for hydroxylation is 2. The molecule has 0 aliphatic carbocycles. The minimum absolute atomic E-state index is 0.000509. The van der Waals surface area contributed by atoms with Gasteiger partial charge in [0, 0.05) is 6.54 Å². The molecule has 0 bridgehead atoms. The van der Waals surface area contributed by atoms with E-state index in [2.05, 4.69) is 5.10 Å². The van der Waals surface area contributed by atoms with Crippen LogP contribution in [-0.4, -0.2) is 9.78 Å². The third-order valence-electron chi connectivity index (χ3n) is 2.31. The van der Waals surface area contributed by atoms with Gasteiger partial charge in [-0.2, -0.15) is 0 Å². The predicted molar refractivity (Wildman–Crippen MR) is 53.0 cm³/mol. The number of hydrogen-bond acceptors (Lipinski definition) is 1. The fourth-order valence-electron chi connectivity index (χ4n) is 1.68. The number of aromatic amines is 1. The van der Waals surface area contributed by atoms with E-state index in [1.54, 1.807) is 0 Å². The van der Waals surface area contributed by atoms with Gasteiger partial charge >= 0.3 is 0 Å². The molecule has 0 atom stereocenters. The Labute approximate surface area is 76.0 Å². The lowest BCUT2D eigenvalue weighted by Crippen LogP contribution is -2.03. The molecule has 0 amide bonds. The second-order valence-corrected chi connectivity index (χ2v) is 3.16. The Morgan fingerprint density at radius 1 is 1.46 bits per heavy atom. The standard InChI is InChI=1S/C10H12N2O/c1-3-12-9-7(2)5-4-6-8(9)10(13)11-12/h4-6H,3H2,1-2H3,(H,11,13). The molecule has 0 aliphatic heterocycles. The van der Waals surface area contributed by atoms with Crippen molar-refractivity contribution in [2.75, 3.05) is 0 Å². The summed E-state index contributed by atoms with van der Waals surface area (Å²) in [5.41, 5.74) is 2.16. The average Bonchev–Trinajstić information content (AvgIpc) is 2.45. The van der Waals surface area contributed by atoms with Crippen LogP contribution in [-0.2, 0) is 6.54 Å². The van der Waals surface area contributed by atoms with Crippen molar-refractivity contribution in [3.8, 4) is 0 Å². The van der Waals surface area contributed by atoms with Gasteiger partial charge in [0.05, 0.1) is 10.9 Å². The average molecular weight is 176 g/mol. The minimum atomic E-state index is 0.000509. The lowest BCUT2D eigenvalue weighted by Gasteiger charge is -2.01. The van der Waals surface area contributed by atoms with E-state index < -0.39 is 0 Å². The molecule has 1 aromatic carbocycles. The van der Waals surface area contributed by atoms with Crippen molar-refractivity contribution in [3.05, 3.63) is 34.1 Å². The monoisotopic (exact) mass is 176 g/mol. The smallest absolute Gasteiger partial charge is 0.271 e. The van der Waals surface area contributed by atoms with Crippen LogP contribution in [0.3, 0.4) is 0 Å². The van der Waals surface area contributed by atoms with E-state index in [0.29, 0.717) is 0 Å². The van der Waals surface area contributed by atoms with Gasteiger partial charge in [0.2, 0.25) is 0 Å². The Morgan fingerprint density at radius 3 is 2.92 bits per heavy atom. The molecule has 2 rings (SSSR count). The first-order chi connectivity index (χ1) is 6.24. The number of para-hydroxylation sites is 1. The van der Waals surface area contributed by atoms with Crippen LogP contribution in [0.25, 0.3) is 10.9 Å². The maximum atomic E-state index is 11.4. The van der Waals surface area contributed by atoms with Gasteiger partial charge in [-0.3, -0.25) is 14.6 Å². The molecule has 0 fully saturated rings. The van der Waals surface area contributed by atoms with E-state index >= 15 is 0 Å². The number of hydrogen-bond donors (Lipinski definition) is 1. The fourth-order valence-corrected chi connectivity index (χ4v) is 1.68. The third-order valence-corrected chi connectivity index (χ3v) is 2.31. The summed E-state index contributed by atoms with van der Waals surface area (Å²) < 4.78 is 1.88. The second-order valence-electron chi connectivity index (χ2n) is 3.16. The minimum Gasteiger partial charge on any atom is -0.284 e. The van der Waals surface area contributed by atoms with Gasteiger partial charge in [-0.25, -0.2) is 0 Å². The van der Waals surface area contributed by atoms with Crippen LogP contribution in [0.15, 0.2) is 23.0 Å². The zero-order chi connectivity index (χ0) is 9.42. The van der Waals surface area contributed by atoms with Crippen LogP contribution in [0.2, 0.25) is 0 Å². The molecule has 0 saturated heterocycles. The molecule has 1 aromatic heterocycles. The molecule has 0 aliphatic rings. The van der Waals surface area contributed by atoms with E-state index in [0.717, 1.165) is 23.0 Å². The third kappa shape index (κ3) is 1.08. The van der Waals surface area contributed by atoms with Crippen LogP contribution in [0.4, 0.5) is 0 Å². The zero-order valence-electron chi connectivity index (χ0n) is 7.79. The number of H-pyrrole nitrogens is 1. The Balaban J connectivity index is 2.97. The predicted octanol–water partition coefficient (Wildman–Crippen LogP) is 1.66. The van der Waals surface area contributed by atoms with Crippen molar-refractivity contribution in [1.82, 2.24) is 9.78 Å². The van der Waals surface area contributed by atoms with Crippen LogP contribution < -0.4 is 5.56 Å². The first-order valence-corrected chi connectivity index (χ1v) is 4.42. The van der Waals surface area contributed by atoms with E-state index in [-0.39, 0.29) is 5.56 Å². The van der Waals surface area contributed by atoms with Crippen molar-refractivity contribution in [1.29, 1.82) is 0 Å². The maximum Gasteiger partial charge on any atom is 0.271 e. The van der Waals surface area contributed by atoms with Crippen molar-refractivity contribution < 1.29 is 0 Å². The van der Waals surface area contributed by atoms with Gasteiger partial charge in [-0.15, -0.1) is 0 Å². The Hall–Kier alpha value is -1.51. The largest absolute Gasteiger partial charge is 0.284 e. The van der Waals surface area contributed by atoms with Gasteiger partial charge in [0.15, 0.2) is 0 Å². The summed E-state index contributed by atoms with van der Waals surface area (Å²) in [6.45, 7) is 4.83. The lowest BCUT2D eigenvalue weighted by molar-refractivity contribution is 0.674. The number of fused-ring (bicyclic) bond motifs is 1. The van der Waals surface area contributed by atoms with Crippen LogP contribution in [0.5, 0.6) is 0 Å². The molecule has 0 spiro atoms. The van der Waals surface area contributed by atoms with Crippen molar-refractivity contribution in [3.63, 3.8) is 0 Å². The van der Waals surface area contributed by atoms with Gasteiger partial charge < -0.3 is 0 Å². The van der Waals surface area contributed by atoms with E-state index in [9.17, 15) is 4.79 Å². The highest BCUT2D eigenvalue weighted by molar-refractivity contribution is 5.81. The zero-order valence-corrected chi connectivity index (χ0v) is 7.79. The van der Waals surface area contributed by atoms with Crippen LogP contribution in [0, 0.1) is 6.92 Å². The first kappa shape index (κ1) is 8.10. The van der Waals surface area contributed by atoms with Crippen molar-refractivity contribution in [2.24, 2.45) is 0 Å². The molecule has 0 radical (unpaired) electrons. The Morgan fingerprint density at radius 2 is 2.23 bits per heavy atom. The molecule has 68 valence electrons. The van der Waals surface area contributed by atoms with Gasteiger partial charge in [0.1, 0.15) is 0 Å². The number of nitrogens with one attached hydrogen (secondary N) is 1. The summed E-state index contributed by atoms with van der Waals surface area (Å²) in [7, 11) is 0. The summed E-state index contributed by atoms with van der Waals surface area (Å²) in [4.78, 5) is 11.4. The number of aromatic nitrogens is 2. The summed E-state index contributed by atoms with van der Waals surface area (Å²) in [5, 5.41) is 3.58. The Bertz CT molecular complexity index is 493. The highest BCUT2D eigenvalue weighted by Crippen LogP contribution is 2.13. The molecular weight excluding hydrogens is 164 g/mol. The number of benzene rings is 1. The number of rotatable bonds is 1.